The number of nitrogen functional groups attached to an aromatic ring is 1. The van der Waals surface area contributed by atoms with Crippen LogP contribution in [0.25, 0.3) is 0 Å². The summed E-state index contributed by atoms with van der Waals surface area (Å²) in [5.74, 6) is 2.77. The number of Topliss-reactive ketones (excluding diaryl/α,β-unsaturated/α-hetero) is 1. The lowest BCUT2D eigenvalue weighted by molar-refractivity contribution is -0.0734. The molecule has 2 saturated heterocycles. The molecule has 104 valence electrons. The molecule has 0 aromatic carbocycles. The summed E-state index contributed by atoms with van der Waals surface area (Å²) in [6.45, 7) is 0.678. The van der Waals surface area contributed by atoms with E-state index in [0.717, 1.165) is 30.8 Å². The number of anilines is 1. The fourth-order valence-electron chi connectivity index (χ4n) is 2.97. The highest BCUT2D eigenvalue weighted by molar-refractivity contribution is 7.99. The summed E-state index contributed by atoms with van der Waals surface area (Å²) in [6.07, 6.45) is 4.26. The lowest BCUT2D eigenvalue weighted by Crippen LogP contribution is -2.42. The largest absolute Gasteiger partial charge is 0.383 e. The summed E-state index contributed by atoms with van der Waals surface area (Å²) in [5, 5.41) is 4.06. The molecule has 2 unspecified atom stereocenters. The van der Waals surface area contributed by atoms with E-state index in [2.05, 4.69) is 5.10 Å². The number of hydrogen-bond acceptors (Lipinski definition) is 5. The molecule has 6 heteroatoms. The number of rotatable bonds is 2. The molecule has 1 aromatic heterocycles. The van der Waals surface area contributed by atoms with Crippen molar-refractivity contribution in [2.75, 3.05) is 23.8 Å². The number of carbonyl (C=O) groups is 1. The average molecular weight is 281 g/mol. The fraction of sp³-hybridized carbons (Fsp3) is 0.692. The monoisotopic (exact) mass is 281 g/mol. The summed E-state index contributed by atoms with van der Waals surface area (Å²) in [5.41, 5.74) is 6.40. The molecule has 1 spiro atoms. The van der Waals surface area contributed by atoms with Crippen LogP contribution in [-0.4, -0.2) is 39.3 Å². The predicted molar refractivity (Wildman–Crippen MR) is 75.3 cm³/mol. The lowest BCUT2D eigenvalue weighted by Gasteiger charge is -2.37. The van der Waals surface area contributed by atoms with Gasteiger partial charge in [-0.3, -0.25) is 9.48 Å². The zero-order valence-corrected chi connectivity index (χ0v) is 11.9. The van der Waals surface area contributed by atoms with Crippen LogP contribution < -0.4 is 5.73 Å². The Balaban J connectivity index is 1.78. The van der Waals surface area contributed by atoms with Gasteiger partial charge in [-0.2, -0.15) is 16.9 Å². The van der Waals surface area contributed by atoms with Crippen molar-refractivity contribution >= 4 is 23.4 Å². The van der Waals surface area contributed by atoms with E-state index in [9.17, 15) is 4.79 Å². The van der Waals surface area contributed by atoms with Gasteiger partial charge in [0, 0.05) is 25.3 Å². The third-order valence-electron chi connectivity index (χ3n) is 4.18. The number of nitrogens with two attached hydrogens (primary N) is 1. The molecule has 2 atom stereocenters. The van der Waals surface area contributed by atoms with Gasteiger partial charge in [-0.25, -0.2) is 0 Å². The van der Waals surface area contributed by atoms with Gasteiger partial charge in [-0.1, -0.05) is 0 Å². The van der Waals surface area contributed by atoms with Gasteiger partial charge in [0.15, 0.2) is 5.78 Å². The zero-order valence-electron chi connectivity index (χ0n) is 11.1. The molecule has 0 amide bonds. The third-order valence-corrected chi connectivity index (χ3v) is 5.40. The Hall–Kier alpha value is -1.01. The van der Waals surface area contributed by atoms with Gasteiger partial charge >= 0.3 is 0 Å². The van der Waals surface area contributed by atoms with Crippen molar-refractivity contribution in [3.8, 4) is 0 Å². The van der Waals surface area contributed by atoms with Gasteiger partial charge in [0.1, 0.15) is 5.82 Å². The smallest absolute Gasteiger partial charge is 0.171 e. The maximum Gasteiger partial charge on any atom is 0.171 e. The Morgan fingerprint density at radius 2 is 2.53 bits per heavy atom. The molecule has 1 aromatic rings. The first-order chi connectivity index (χ1) is 9.11. The first-order valence-corrected chi connectivity index (χ1v) is 7.80. The van der Waals surface area contributed by atoms with Crippen molar-refractivity contribution in [2.45, 2.75) is 24.9 Å². The second kappa shape index (κ2) is 4.83. The summed E-state index contributed by atoms with van der Waals surface area (Å²) >= 11 is 1.92. The topological polar surface area (TPSA) is 70.1 Å². The average Bonchev–Trinajstić information content (AvgIpc) is 2.98. The number of ketones is 1. The molecular formula is C13H19N3O2S. The van der Waals surface area contributed by atoms with Gasteiger partial charge in [0.2, 0.25) is 0 Å². The highest BCUT2D eigenvalue weighted by Crippen LogP contribution is 2.41. The summed E-state index contributed by atoms with van der Waals surface area (Å²) < 4.78 is 7.50. The maximum absolute atomic E-state index is 12.6. The normalized spacial score (nSPS) is 30.9. The van der Waals surface area contributed by atoms with Crippen LogP contribution in [0, 0.1) is 5.92 Å². The molecule has 0 aliphatic carbocycles. The van der Waals surface area contributed by atoms with Crippen LogP contribution in [0.2, 0.25) is 0 Å². The Bertz CT molecular complexity index is 494. The number of ether oxygens (including phenoxy) is 1. The second-order valence-electron chi connectivity index (χ2n) is 5.46. The molecular weight excluding hydrogens is 262 g/mol. The Kier molecular flexibility index (Phi) is 3.30. The highest BCUT2D eigenvalue weighted by Gasteiger charge is 2.42. The molecule has 0 bridgehead atoms. The van der Waals surface area contributed by atoms with Gasteiger partial charge in [0.25, 0.3) is 0 Å². The Morgan fingerprint density at radius 3 is 3.16 bits per heavy atom. The van der Waals surface area contributed by atoms with Crippen LogP contribution in [-0.2, 0) is 11.8 Å². The molecule has 3 rings (SSSR count). The number of nitrogens with zero attached hydrogens (tertiary/aromatic N) is 2. The first kappa shape index (κ1) is 13.0. The minimum absolute atomic E-state index is 0.0268. The minimum atomic E-state index is -0.0692. The Morgan fingerprint density at radius 1 is 1.68 bits per heavy atom. The summed E-state index contributed by atoms with van der Waals surface area (Å²) in [7, 11) is 1.76. The van der Waals surface area contributed by atoms with E-state index in [1.165, 1.54) is 0 Å². The second-order valence-corrected chi connectivity index (χ2v) is 6.56. The van der Waals surface area contributed by atoms with Crippen LogP contribution in [0.4, 0.5) is 5.82 Å². The molecule has 0 saturated carbocycles. The van der Waals surface area contributed by atoms with Crippen LogP contribution >= 0.6 is 11.8 Å². The molecule has 5 nitrogen and oxygen atoms in total. The number of carbonyl (C=O) groups excluding carboxylic acids is 1. The molecule has 2 fully saturated rings. The van der Waals surface area contributed by atoms with E-state index in [1.54, 1.807) is 17.9 Å². The predicted octanol–water partition coefficient (Wildman–Crippen LogP) is 1.49. The first-order valence-electron chi connectivity index (χ1n) is 6.65. The van der Waals surface area contributed by atoms with Crippen molar-refractivity contribution in [2.24, 2.45) is 13.0 Å². The molecule has 19 heavy (non-hydrogen) atoms. The van der Waals surface area contributed by atoms with E-state index in [4.69, 9.17) is 10.5 Å². The number of aromatic nitrogens is 2. The standard InChI is InChI=1S/C13H19N3O2S/c1-16-12(14)10(7-15-16)11(17)9-2-4-18-13(6-9)3-5-19-8-13/h7,9H,2-6,8,14H2,1H3. The lowest BCUT2D eigenvalue weighted by atomic mass is 9.81. The maximum atomic E-state index is 12.6. The highest BCUT2D eigenvalue weighted by atomic mass is 32.2. The van der Waals surface area contributed by atoms with Crippen molar-refractivity contribution in [3.63, 3.8) is 0 Å². The summed E-state index contributed by atoms with van der Waals surface area (Å²) in [4.78, 5) is 12.6. The van der Waals surface area contributed by atoms with Crippen molar-refractivity contribution in [1.29, 1.82) is 0 Å². The van der Waals surface area contributed by atoms with E-state index < -0.39 is 0 Å². The summed E-state index contributed by atoms with van der Waals surface area (Å²) in [6, 6.07) is 0. The molecule has 0 radical (unpaired) electrons. The van der Waals surface area contributed by atoms with E-state index in [0.29, 0.717) is 18.0 Å². The quantitative estimate of drug-likeness (QED) is 0.832. The van der Waals surface area contributed by atoms with Gasteiger partial charge in [-0.05, 0) is 25.0 Å². The Labute approximate surface area is 116 Å². The van der Waals surface area contributed by atoms with E-state index >= 15 is 0 Å². The molecule has 2 N–H and O–H groups in total. The third kappa shape index (κ3) is 2.27. The van der Waals surface area contributed by atoms with Gasteiger partial charge < -0.3 is 10.5 Å². The van der Waals surface area contributed by atoms with Gasteiger partial charge in [0.05, 0.1) is 17.4 Å². The number of thioether (sulfide) groups is 1. The van der Waals surface area contributed by atoms with Crippen molar-refractivity contribution in [1.82, 2.24) is 9.78 Å². The SMILES string of the molecule is Cn1ncc(C(=O)C2CCOC3(CCSC3)C2)c1N. The molecule has 2 aliphatic rings. The van der Waals surface area contributed by atoms with Gasteiger partial charge in [-0.15, -0.1) is 0 Å². The molecule has 3 heterocycles. The zero-order chi connectivity index (χ0) is 13.5. The van der Waals surface area contributed by atoms with E-state index in [-0.39, 0.29) is 17.3 Å². The number of hydrogen-bond donors (Lipinski definition) is 1. The van der Waals surface area contributed by atoms with Crippen LogP contribution in [0.5, 0.6) is 0 Å². The van der Waals surface area contributed by atoms with Crippen molar-refractivity contribution < 1.29 is 9.53 Å². The van der Waals surface area contributed by atoms with Crippen molar-refractivity contribution in [3.05, 3.63) is 11.8 Å². The van der Waals surface area contributed by atoms with Crippen LogP contribution in [0.15, 0.2) is 6.20 Å². The number of aryl methyl sites for hydroxylation is 1. The van der Waals surface area contributed by atoms with E-state index in [1.807, 2.05) is 11.8 Å². The van der Waals surface area contributed by atoms with Crippen LogP contribution in [0.3, 0.4) is 0 Å². The van der Waals surface area contributed by atoms with Crippen LogP contribution in [0.1, 0.15) is 29.6 Å². The fourth-order valence-corrected chi connectivity index (χ4v) is 4.35. The molecule has 2 aliphatic heterocycles. The minimum Gasteiger partial charge on any atom is -0.383 e.